The van der Waals surface area contributed by atoms with Crippen molar-refractivity contribution in [3.05, 3.63) is 94.3 Å². The van der Waals surface area contributed by atoms with E-state index < -0.39 is 11.7 Å². The van der Waals surface area contributed by atoms with Crippen LogP contribution in [0.2, 0.25) is 5.02 Å². The number of anilines is 2. The summed E-state index contributed by atoms with van der Waals surface area (Å²) >= 11 is 5.89. The molecule has 1 aliphatic rings. The minimum absolute atomic E-state index is 0.208. The van der Waals surface area contributed by atoms with Crippen LogP contribution in [-0.4, -0.2) is 38.0 Å². The average molecular weight is 439 g/mol. The molecule has 0 saturated carbocycles. The summed E-state index contributed by atoms with van der Waals surface area (Å²) in [5.41, 5.74) is 1.67. The number of halogens is 2. The monoisotopic (exact) mass is 438 g/mol. The molecule has 0 aliphatic carbocycles. The first-order chi connectivity index (χ1) is 15.0. The van der Waals surface area contributed by atoms with Crippen molar-refractivity contribution in [1.82, 2.24) is 0 Å². The van der Waals surface area contributed by atoms with Gasteiger partial charge in [0.15, 0.2) is 5.78 Å². The Bertz CT molecular complexity index is 1110. The smallest absolute Gasteiger partial charge is 0.256 e. The Morgan fingerprint density at radius 3 is 2.29 bits per heavy atom. The Morgan fingerprint density at radius 1 is 0.935 bits per heavy atom. The van der Waals surface area contributed by atoms with Gasteiger partial charge in [-0.25, -0.2) is 4.39 Å². The maximum absolute atomic E-state index is 14.7. The molecule has 1 fully saturated rings. The number of ether oxygens (including phenoxy) is 1. The normalized spacial score (nSPS) is 13.7. The molecule has 31 heavy (non-hydrogen) atoms. The van der Waals surface area contributed by atoms with Crippen LogP contribution in [0.4, 0.5) is 15.8 Å². The molecule has 1 N–H and O–H groups in total. The van der Waals surface area contributed by atoms with E-state index in [2.05, 4.69) is 5.32 Å². The third kappa shape index (κ3) is 4.76. The highest BCUT2D eigenvalue weighted by Gasteiger charge is 2.20. The lowest BCUT2D eigenvalue weighted by atomic mass is 9.98. The number of morpholine rings is 1. The van der Waals surface area contributed by atoms with E-state index >= 15 is 0 Å². The topological polar surface area (TPSA) is 58.6 Å². The number of hydrogen-bond donors (Lipinski definition) is 1. The predicted octanol–water partition coefficient (Wildman–Crippen LogP) is 4.80. The molecule has 3 aromatic rings. The number of nitrogens with zero attached hydrogens (tertiary/aromatic N) is 1. The molecule has 0 unspecified atom stereocenters. The zero-order valence-corrected chi connectivity index (χ0v) is 17.4. The van der Waals surface area contributed by atoms with Crippen LogP contribution in [-0.2, 0) is 4.74 Å². The van der Waals surface area contributed by atoms with E-state index in [1.165, 1.54) is 6.07 Å². The summed E-state index contributed by atoms with van der Waals surface area (Å²) in [5, 5.41) is 3.21. The highest BCUT2D eigenvalue weighted by atomic mass is 35.5. The number of ketones is 1. The first kappa shape index (κ1) is 21.0. The highest BCUT2D eigenvalue weighted by molar-refractivity contribution is 6.30. The van der Waals surface area contributed by atoms with Gasteiger partial charge in [-0.3, -0.25) is 9.59 Å². The van der Waals surface area contributed by atoms with E-state index in [0.29, 0.717) is 48.3 Å². The summed E-state index contributed by atoms with van der Waals surface area (Å²) in [6.45, 7) is 2.33. The number of benzene rings is 3. The third-order valence-corrected chi connectivity index (χ3v) is 5.33. The van der Waals surface area contributed by atoms with Crippen LogP contribution >= 0.6 is 11.6 Å². The summed E-state index contributed by atoms with van der Waals surface area (Å²) in [6.07, 6.45) is 0. The first-order valence-corrected chi connectivity index (χ1v) is 10.2. The van der Waals surface area contributed by atoms with E-state index in [1.54, 1.807) is 60.7 Å². The van der Waals surface area contributed by atoms with Crippen molar-refractivity contribution in [2.45, 2.75) is 0 Å². The van der Waals surface area contributed by atoms with Gasteiger partial charge in [-0.2, -0.15) is 0 Å². The number of nitrogens with one attached hydrogen (secondary N) is 1. The SMILES string of the molecule is O=C(Nc1ccc(N2CCOCC2)c(F)c1)c1ccccc1C(=O)c1ccc(Cl)cc1. The van der Waals surface area contributed by atoms with Crippen molar-refractivity contribution in [3.8, 4) is 0 Å². The average Bonchev–Trinajstić information content (AvgIpc) is 2.80. The molecule has 158 valence electrons. The highest BCUT2D eigenvalue weighted by Crippen LogP contribution is 2.25. The third-order valence-electron chi connectivity index (χ3n) is 5.08. The van der Waals surface area contributed by atoms with Crippen molar-refractivity contribution in [2.24, 2.45) is 0 Å². The number of carbonyl (C=O) groups excluding carboxylic acids is 2. The van der Waals surface area contributed by atoms with E-state index in [9.17, 15) is 14.0 Å². The first-order valence-electron chi connectivity index (χ1n) is 9.86. The fraction of sp³-hybridized carbons (Fsp3) is 0.167. The number of carbonyl (C=O) groups is 2. The van der Waals surface area contributed by atoms with Crippen LogP contribution in [0.3, 0.4) is 0 Å². The van der Waals surface area contributed by atoms with Crippen LogP contribution in [0.1, 0.15) is 26.3 Å². The van der Waals surface area contributed by atoms with Crippen LogP contribution in [0.15, 0.2) is 66.7 Å². The van der Waals surface area contributed by atoms with Crippen molar-refractivity contribution in [3.63, 3.8) is 0 Å². The van der Waals surface area contributed by atoms with Gasteiger partial charge >= 0.3 is 0 Å². The molecule has 0 bridgehead atoms. The van der Waals surface area contributed by atoms with Crippen molar-refractivity contribution < 1.29 is 18.7 Å². The van der Waals surface area contributed by atoms with Crippen molar-refractivity contribution in [2.75, 3.05) is 36.5 Å². The summed E-state index contributed by atoms with van der Waals surface area (Å²) < 4.78 is 19.9. The Kier molecular flexibility index (Phi) is 6.30. The van der Waals surface area contributed by atoms with E-state index in [1.807, 2.05) is 4.90 Å². The van der Waals surface area contributed by atoms with Gasteiger partial charge in [0, 0.05) is 34.9 Å². The maximum atomic E-state index is 14.7. The van der Waals surface area contributed by atoms with Gasteiger partial charge in [0.25, 0.3) is 5.91 Å². The second kappa shape index (κ2) is 9.29. The summed E-state index contributed by atoms with van der Waals surface area (Å²) in [5.74, 6) is -1.21. The van der Waals surface area contributed by atoms with E-state index in [-0.39, 0.29) is 16.9 Å². The molecular weight excluding hydrogens is 419 g/mol. The molecule has 1 saturated heterocycles. The lowest BCUT2D eigenvalue weighted by Gasteiger charge is -2.29. The zero-order chi connectivity index (χ0) is 21.8. The number of hydrogen-bond acceptors (Lipinski definition) is 4. The molecule has 1 heterocycles. The van der Waals surface area contributed by atoms with Gasteiger partial charge in [0.2, 0.25) is 0 Å². The molecule has 0 radical (unpaired) electrons. The minimum Gasteiger partial charge on any atom is -0.378 e. The standard InChI is InChI=1S/C24H20ClFN2O3/c25-17-7-5-16(6-8-17)23(29)19-3-1-2-4-20(19)24(30)27-18-9-10-22(21(26)15-18)28-11-13-31-14-12-28/h1-10,15H,11-14H2,(H,27,30). The van der Waals surface area contributed by atoms with Crippen molar-refractivity contribution >= 4 is 34.7 Å². The van der Waals surface area contributed by atoms with Crippen LogP contribution in [0.25, 0.3) is 0 Å². The number of amides is 1. The van der Waals surface area contributed by atoms with Crippen LogP contribution in [0, 0.1) is 5.82 Å². The summed E-state index contributed by atoms with van der Waals surface area (Å²) in [7, 11) is 0. The fourth-order valence-corrected chi connectivity index (χ4v) is 3.61. The quantitative estimate of drug-likeness (QED) is 0.581. The van der Waals surface area contributed by atoms with Gasteiger partial charge in [-0.05, 0) is 48.5 Å². The van der Waals surface area contributed by atoms with Gasteiger partial charge in [0.1, 0.15) is 5.82 Å². The lowest BCUT2D eigenvalue weighted by molar-refractivity contribution is 0.0996. The molecule has 7 heteroatoms. The Hall–Kier alpha value is -3.22. The van der Waals surface area contributed by atoms with E-state index in [0.717, 1.165) is 0 Å². The van der Waals surface area contributed by atoms with Gasteiger partial charge in [-0.15, -0.1) is 0 Å². The van der Waals surface area contributed by atoms with Crippen molar-refractivity contribution in [1.29, 1.82) is 0 Å². The molecule has 0 atom stereocenters. The molecule has 4 rings (SSSR count). The Morgan fingerprint density at radius 2 is 1.61 bits per heavy atom. The molecule has 5 nitrogen and oxygen atoms in total. The molecule has 1 amide bonds. The van der Waals surface area contributed by atoms with Crippen LogP contribution < -0.4 is 10.2 Å². The lowest BCUT2D eigenvalue weighted by Crippen LogP contribution is -2.36. The molecule has 0 aromatic heterocycles. The fourth-order valence-electron chi connectivity index (χ4n) is 3.48. The second-order valence-electron chi connectivity index (χ2n) is 7.10. The molecular formula is C24H20ClFN2O3. The minimum atomic E-state index is -0.489. The van der Waals surface area contributed by atoms with Crippen LogP contribution in [0.5, 0.6) is 0 Å². The second-order valence-corrected chi connectivity index (χ2v) is 7.54. The number of rotatable bonds is 5. The predicted molar refractivity (Wildman–Crippen MR) is 119 cm³/mol. The maximum Gasteiger partial charge on any atom is 0.256 e. The summed E-state index contributed by atoms with van der Waals surface area (Å²) in [6, 6.07) is 17.6. The van der Waals surface area contributed by atoms with Gasteiger partial charge in [-0.1, -0.05) is 29.8 Å². The van der Waals surface area contributed by atoms with Gasteiger partial charge < -0.3 is 15.0 Å². The molecule has 1 aliphatic heterocycles. The Balaban J connectivity index is 1.55. The summed E-state index contributed by atoms with van der Waals surface area (Å²) in [4.78, 5) is 27.7. The van der Waals surface area contributed by atoms with Gasteiger partial charge in [0.05, 0.1) is 24.5 Å². The largest absolute Gasteiger partial charge is 0.378 e. The zero-order valence-electron chi connectivity index (χ0n) is 16.6. The molecule has 3 aromatic carbocycles. The Labute approximate surface area is 184 Å². The molecule has 0 spiro atoms. The van der Waals surface area contributed by atoms with E-state index in [4.69, 9.17) is 16.3 Å².